The van der Waals surface area contributed by atoms with Gasteiger partial charge in [0.2, 0.25) is 6.20 Å². The molecule has 1 heterocycles. The average Bonchev–Trinajstić information content (AvgIpc) is 2.47. The fourth-order valence-corrected chi connectivity index (χ4v) is 1.57. The van der Waals surface area contributed by atoms with E-state index in [0.29, 0.717) is 22.8 Å². The van der Waals surface area contributed by atoms with Gasteiger partial charge in [-0.25, -0.2) is 9.78 Å². The summed E-state index contributed by atoms with van der Waals surface area (Å²) in [5.74, 6) is 1.03. The Morgan fingerprint density at radius 1 is 1.11 bits per heavy atom. The number of esters is 1. The Labute approximate surface area is 110 Å². The van der Waals surface area contributed by atoms with E-state index in [1.165, 1.54) is 14.2 Å². The zero-order chi connectivity index (χ0) is 13.7. The van der Waals surface area contributed by atoms with Gasteiger partial charge >= 0.3 is 5.97 Å². The number of rotatable bonds is 4. The van der Waals surface area contributed by atoms with Gasteiger partial charge in [0.05, 0.1) is 19.8 Å². The van der Waals surface area contributed by atoms with E-state index in [4.69, 9.17) is 14.2 Å². The van der Waals surface area contributed by atoms with Gasteiger partial charge in [-0.1, -0.05) is 0 Å². The highest BCUT2D eigenvalue weighted by atomic mass is 16.5. The van der Waals surface area contributed by atoms with Crippen LogP contribution in [0.4, 0.5) is 0 Å². The zero-order valence-electron chi connectivity index (χ0n) is 10.7. The van der Waals surface area contributed by atoms with Crippen LogP contribution in [0.1, 0.15) is 10.4 Å². The number of carbonyl (C=O) groups excluding carboxylic acids is 1. The van der Waals surface area contributed by atoms with Crippen LogP contribution in [0, 0.1) is 0 Å². The van der Waals surface area contributed by atoms with Crippen molar-refractivity contribution >= 4 is 5.97 Å². The summed E-state index contributed by atoms with van der Waals surface area (Å²) >= 11 is 0. The fraction of sp³-hybridized carbons (Fsp3) is 0.143. The third kappa shape index (κ3) is 3.01. The van der Waals surface area contributed by atoms with Gasteiger partial charge in [-0.2, -0.15) is 0 Å². The molecule has 2 rings (SSSR count). The SMILES string of the molecule is COc1ccc(C(=O)Oc2ccc[nH+]c2)cc1OC. The Morgan fingerprint density at radius 2 is 1.89 bits per heavy atom. The van der Waals surface area contributed by atoms with E-state index in [1.54, 1.807) is 42.7 Å². The maximum atomic E-state index is 11.9. The van der Waals surface area contributed by atoms with Gasteiger partial charge in [0.15, 0.2) is 23.4 Å². The van der Waals surface area contributed by atoms with E-state index in [-0.39, 0.29) is 0 Å². The molecule has 0 unspecified atom stereocenters. The van der Waals surface area contributed by atoms with E-state index in [0.717, 1.165) is 0 Å². The summed E-state index contributed by atoms with van der Waals surface area (Å²) in [5.41, 5.74) is 0.390. The molecule has 1 aromatic carbocycles. The molecule has 0 spiro atoms. The highest BCUT2D eigenvalue weighted by molar-refractivity contribution is 5.91. The van der Waals surface area contributed by atoms with Gasteiger partial charge in [-0.3, -0.25) is 0 Å². The number of carbonyl (C=O) groups is 1. The quantitative estimate of drug-likeness (QED) is 0.786. The molecule has 0 saturated carbocycles. The number of methoxy groups -OCH3 is 2. The van der Waals surface area contributed by atoms with Crippen molar-refractivity contribution in [2.45, 2.75) is 0 Å². The summed E-state index contributed by atoms with van der Waals surface area (Å²) in [6.07, 6.45) is 3.33. The van der Waals surface area contributed by atoms with Crippen LogP contribution in [0.15, 0.2) is 42.7 Å². The number of hydrogen-bond acceptors (Lipinski definition) is 4. The molecule has 2 aromatic rings. The third-order valence-corrected chi connectivity index (χ3v) is 2.51. The molecule has 5 nitrogen and oxygen atoms in total. The predicted octanol–water partition coefficient (Wildman–Crippen LogP) is 1.74. The molecule has 0 aliphatic carbocycles. The number of aromatic nitrogens is 1. The lowest BCUT2D eigenvalue weighted by molar-refractivity contribution is -0.378. The number of nitrogens with one attached hydrogen (secondary N) is 1. The maximum Gasteiger partial charge on any atom is 0.343 e. The second-order valence-electron chi connectivity index (χ2n) is 3.70. The van der Waals surface area contributed by atoms with Crippen molar-refractivity contribution in [1.82, 2.24) is 0 Å². The smallest absolute Gasteiger partial charge is 0.343 e. The minimum atomic E-state index is -0.458. The van der Waals surface area contributed by atoms with Gasteiger partial charge in [-0.15, -0.1) is 0 Å². The number of ether oxygens (including phenoxy) is 3. The Hall–Kier alpha value is -2.56. The van der Waals surface area contributed by atoms with Crippen LogP contribution in [0.25, 0.3) is 0 Å². The Bertz CT molecular complexity index is 569. The molecule has 0 bridgehead atoms. The minimum absolute atomic E-state index is 0.390. The van der Waals surface area contributed by atoms with Gasteiger partial charge in [0, 0.05) is 6.07 Å². The minimum Gasteiger partial charge on any atom is -0.493 e. The van der Waals surface area contributed by atoms with Crippen LogP contribution in [0.5, 0.6) is 17.2 Å². The Balaban J connectivity index is 2.20. The van der Waals surface area contributed by atoms with Crippen LogP contribution in [0.3, 0.4) is 0 Å². The van der Waals surface area contributed by atoms with Crippen LogP contribution in [0.2, 0.25) is 0 Å². The molecule has 1 aromatic heterocycles. The topological polar surface area (TPSA) is 58.9 Å². The summed E-state index contributed by atoms with van der Waals surface area (Å²) in [4.78, 5) is 14.8. The van der Waals surface area contributed by atoms with Crippen molar-refractivity contribution in [2.24, 2.45) is 0 Å². The molecule has 1 N–H and O–H groups in total. The third-order valence-electron chi connectivity index (χ3n) is 2.51. The second kappa shape index (κ2) is 5.86. The zero-order valence-corrected chi connectivity index (χ0v) is 10.7. The molecule has 0 saturated heterocycles. The van der Waals surface area contributed by atoms with Crippen molar-refractivity contribution in [3.05, 3.63) is 48.3 Å². The van der Waals surface area contributed by atoms with Gasteiger partial charge in [-0.05, 0) is 24.3 Å². The Morgan fingerprint density at radius 3 is 2.53 bits per heavy atom. The molecule has 19 heavy (non-hydrogen) atoms. The number of pyridine rings is 1. The first-order valence-corrected chi connectivity index (χ1v) is 5.65. The average molecular weight is 260 g/mol. The summed E-state index contributed by atoms with van der Waals surface area (Å²) in [5, 5.41) is 0. The molecule has 0 aliphatic rings. The summed E-state index contributed by atoms with van der Waals surface area (Å²) in [7, 11) is 3.05. The Kier molecular flexibility index (Phi) is 3.97. The fourth-order valence-electron chi connectivity index (χ4n) is 1.57. The van der Waals surface area contributed by atoms with E-state index >= 15 is 0 Å². The van der Waals surface area contributed by atoms with Crippen LogP contribution in [-0.2, 0) is 0 Å². The van der Waals surface area contributed by atoms with E-state index in [2.05, 4.69) is 4.98 Å². The van der Waals surface area contributed by atoms with Crippen molar-refractivity contribution in [3.63, 3.8) is 0 Å². The molecule has 0 radical (unpaired) electrons. The first-order valence-electron chi connectivity index (χ1n) is 5.65. The number of aromatic amines is 1. The monoisotopic (exact) mass is 260 g/mol. The van der Waals surface area contributed by atoms with Crippen LogP contribution < -0.4 is 19.2 Å². The number of hydrogen-bond donors (Lipinski definition) is 0. The normalized spacial score (nSPS) is 9.79. The molecule has 98 valence electrons. The summed E-state index contributed by atoms with van der Waals surface area (Å²) in [6.45, 7) is 0. The van der Waals surface area contributed by atoms with Crippen molar-refractivity contribution in [2.75, 3.05) is 14.2 Å². The van der Waals surface area contributed by atoms with Crippen molar-refractivity contribution in [1.29, 1.82) is 0 Å². The first kappa shape index (κ1) is 12.9. The highest BCUT2D eigenvalue weighted by Gasteiger charge is 2.13. The van der Waals surface area contributed by atoms with Crippen molar-refractivity contribution < 1.29 is 24.0 Å². The highest BCUT2D eigenvalue weighted by Crippen LogP contribution is 2.27. The first-order chi connectivity index (χ1) is 9.24. The maximum absolute atomic E-state index is 11.9. The van der Waals surface area contributed by atoms with Crippen LogP contribution >= 0.6 is 0 Å². The second-order valence-corrected chi connectivity index (χ2v) is 3.70. The molecule has 0 aliphatic heterocycles. The lowest BCUT2D eigenvalue weighted by atomic mass is 10.2. The van der Waals surface area contributed by atoms with Gasteiger partial charge in [0.25, 0.3) is 0 Å². The largest absolute Gasteiger partial charge is 0.493 e. The molecular formula is C14H14NO4+. The van der Waals surface area contributed by atoms with E-state index in [1.807, 2.05) is 0 Å². The summed E-state index contributed by atoms with van der Waals surface area (Å²) in [6, 6.07) is 8.29. The number of benzene rings is 1. The molecule has 0 fully saturated rings. The molecular weight excluding hydrogens is 246 g/mol. The predicted molar refractivity (Wildman–Crippen MR) is 67.5 cm³/mol. The molecule has 0 atom stereocenters. The lowest BCUT2D eigenvalue weighted by Crippen LogP contribution is -2.10. The van der Waals surface area contributed by atoms with Gasteiger partial charge < -0.3 is 14.2 Å². The van der Waals surface area contributed by atoms with Crippen molar-refractivity contribution in [3.8, 4) is 17.2 Å². The standard InChI is InChI=1S/C14H13NO4/c1-17-12-6-5-10(8-13(12)18-2)14(16)19-11-4-3-7-15-9-11/h3-9H,1-2H3/p+1. The molecule has 0 amide bonds. The lowest BCUT2D eigenvalue weighted by Gasteiger charge is -2.08. The molecule has 5 heteroatoms. The van der Waals surface area contributed by atoms with E-state index in [9.17, 15) is 4.79 Å². The van der Waals surface area contributed by atoms with Crippen LogP contribution in [-0.4, -0.2) is 20.2 Å². The number of H-pyrrole nitrogens is 1. The van der Waals surface area contributed by atoms with E-state index < -0.39 is 5.97 Å². The summed E-state index contributed by atoms with van der Waals surface area (Å²) < 4.78 is 15.5. The van der Waals surface area contributed by atoms with Gasteiger partial charge in [0.1, 0.15) is 0 Å².